The van der Waals surface area contributed by atoms with Gasteiger partial charge in [0.2, 0.25) is 0 Å². The summed E-state index contributed by atoms with van der Waals surface area (Å²) in [6.45, 7) is 7.09. The zero-order valence-corrected chi connectivity index (χ0v) is 14.0. The highest BCUT2D eigenvalue weighted by Gasteiger charge is 2.60. The maximum Gasteiger partial charge on any atom is 0.306 e. The predicted molar refractivity (Wildman–Crippen MR) is 82.4 cm³/mol. The van der Waals surface area contributed by atoms with Crippen molar-refractivity contribution in [3.05, 3.63) is 17.5 Å². The van der Waals surface area contributed by atoms with Gasteiger partial charge in [-0.2, -0.15) is 5.10 Å². The third-order valence-electron chi connectivity index (χ3n) is 5.20. The molecule has 5 heteroatoms. The first kappa shape index (κ1) is 15.5. The standard InChI is InChI=1S/C17H26N2O3/c1-11-12(10-19(4)18-11)7-8-14(20)22-16-13-6-5-9-21-15(13)17(16,2)3/h10,13,15-16H,5-9H2,1-4H3. The lowest BCUT2D eigenvalue weighted by atomic mass is 9.57. The zero-order chi connectivity index (χ0) is 15.9. The fourth-order valence-electron chi connectivity index (χ4n) is 4.05. The second-order valence-corrected chi connectivity index (χ2v) is 7.24. The number of fused-ring (bicyclic) bond motifs is 1. The number of esters is 1. The van der Waals surface area contributed by atoms with Gasteiger partial charge in [0.25, 0.3) is 0 Å². The molecule has 1 aliphatic carbocycles. The summed E-state index contributed by atoms with van der Waals surface area (Å²) in [7, 11) is 1.90. The number of nitrogens with zero attached hydrogens (tertiary/aromatic N) is 2. The largest absolute Gasteiger partial charge is 0.461 e. The van der Waals surface area contributed by atoms with E-state index >= 15 is 0 Å². The Morgan fingerprint density at radius 3 is 3.00 bits per heavy atom. The van der Waals surface area contributed by atoms with Crippen LogP contribution in [-0.2, 0) is 27.7 Å². The van der Waals surface area contributed by atoms with E-state index < -0.39 is 0 Å². The van der Waals surface area contributed by atoms with Crippen LogP contribution in [0.15, 0.2) is 6.20 Å². The molecule has 1 aromatic rings. The summed E-state index contributed by atoms with van der Waals surface area (Å²) in [6, 6.07) is 0. The van der Waals surface area contributed by atoms with Crippen LogP contribution >= 0.6 is 0 Å². The highest BCUT2D eigenvalue weighted by atomic mass is 16.6. The Kier molecular flexibility index (Phi) is 4.02. The van der Waals surface area contributed by atoms with Crippen LogP contribution in [0, 0.1) is 18.3 Å². The van der Waals surface area contributed by atoms with Crippen molar-refractivity contribution in [2.75, 3.05) is 6.61 Å². The van der Waals surface area contributed by atoms with Crippen LogP contribution in [0.3, 0.4) is 0 Å². The predicted octanol–water partition coefficient (Wildman–Crippen LogP) is 2.41. The molecule has 0 N–H and O–H groups in total. The van der Waals surface area contributed by atoms with Crippen LogP contribution in [0.1, 0.15) is 44.4 Å². The van der Waals surface area contributed by atoms with Crippen LogP contribution in [-0.4, -0.2) is 34.6 Å². The van der Waals surface area contributed by atoms with Crippen molar-refractivity contribution in [1.29, 1.82) is 0 Å². The molecule has 2 fully saturated rings. The fraction of sp³-hybridized carbons (Fsp3) is 0.765. The van der Waals surface area contributed by atoms with Gasteiger partial charge in [-0.3, -0.25) is 9.48 Å². The molecule has 5 nitrogen and oxygen atoms in total. The summed E-state index contributed by atoms with van der Waals surface area (Å²) in [5.41, 5.74) is 2.04. The van der Waals surface area contributed by atoms with E-state index in [1.807, 2.05) is 20.2 Å². The van der Waals surface area contributed by atoms with Crippen molar-refractivity contribution in [2.24, 2.45) is 18.4 Å². The molecule has 1 saturated heterocycles. The Balaban J connectivity index is 1.54. The van der Waals surface area contributed by atoms with Gasteiger partial charge >= 0.3 is 5.97 Å². The van der Waals surface area contributed by atoms with E-state index in [2.05, 4.69) is 18.9 Å². The molecule has 0 radical (unpaired) electrons. The Morgan fingerprint density at radius 2 is 2.32 bits per heavy atom. The van der Waals surface area contributed by atoms with Crippen LogP contribution in [0.2, 0.25) is 0 Å². The highest BCUT2D eigenvalue weighted by molar-refractivity contribution is 5.70. The Hall–Kier alpha value is -1.36. The minimum Gasteiger partial charge on any atom is -0.461 e. The number of ether oxygens (including phenoxy) is 2. The second kappa shape index (κ2) is 5.69. The smallest absolute Gasteiger partial charge is 0.306 e. The number of hydrogen-bond acceptors (Lipinski definition) is 4. The first-order valence-corrected chi connectivity index (χ1v) is 8.20. The molecule has 1 aliphatic heterocycles. The number of aromatic nitrogens is 2. The quantitative estimate of drug-likeness (QED) is 0.802. The molecular weight excluding hydrogens is 280 g/mol. The minimum absolute atomic E-state index is 0.000273. The Bertz CT molecular complexity index is 564. The number of carbonyl (C=O) groups is 1. The minimum atomic E-state index is -0.106. The van der Waals surface area contributed by atoms with Crippen molar-refractivity contribution in [3.63, 3.8) is 0 Å². The molecule has 2 heterocycles. The lowest BCUT2D eigenvalue weighted by Crippen LogP contribution is -2.65. The number of carbonyl (C=O) groups excluding carboxylic acids is 1. The normalized spacial score (nSPS) is 29.5. The van der Waals surface area contributed by atoms with Gasteiger partial charge in [-0.25, -0.2) is 0 Å². The molecule has 0 bridgehead atoms. The summed E-state index contributed by atoms with van der Waals surface area (Å²) < 4.78 is 13.4. The molecule has 3 unspecified atom stereocenters. The fourth-order valence-corrected chi connectivity index (χ4v) is 4.05. The zero-order valence-electron chi connectivity index (χ0n) is 14.0. The molecule has 22 heavy (non-hydrogen) atoms. The van der Waals surface area contributed by atoms with Crippen molar-refractivity contribution >= 4 is 5.97 Å². The van der Waals surface area contributed by atoms with Crippen molar-refractivity contribution < 1.29 is 14.3 Å². The van der Waals surface area contributed by atoms with Crippen LogP contribution in [0.4, 0.5) is 0 Å². The van der Waals surface area contributed by atoms with Crippen molar-refractivity contribution in [3.8, 4) is 0 Å². The number of aryl methyl sites for hydroxylation is 3. The van der Waals surface area contributed by atoms with E-state index in [0.717, 1.165) is 30.7 Å². The van der Waals surface area contributed by atoms with Gasteiger partial charge in [-0.15, -0.1) is 0 Å². The summed E-state index contributed by atoms with van der Waals surface area (Å²) >= 11 is 0. The first-order chi connectivity index (χ1) is 10.4. The topological polar surface area (TPSA) is 53.4 Å². The lowest BCUT2D eigenvalue weighted by Gasteiger charge is -2.58. The second-order valence-electron chi connectivity index (χ2n) is 7.24. The molecule has 3 atom stereocenters. The average molecular weight is 306 g/mol. The first-order valence-electron chi connectivity index (χ1n) is 8.20. The van der Waals surface area contributed by atoms with Crippen LogP contribution < -0.4 is 0 Å². The highest BCUT2D eigenvalue weighted by Crippen LogP contribution is 2.53. The Morgan fingerprint density at radius 1 is 1.55 bits per heavy atom. The van der Waals surface area contributed by atoms with Crippen molar-refractivity contribution in [1.82, 2.24) is 9.78 Å². The van der Waals surface area contributed by atoms with Gasteiger partial charge in [-0.05, 0) is 31.7 Å². The third kappa shape index (κ3) is 2.67. The molecule has 3 rings (SSSR count). The maximum absolute atomic E-state index is 12.2. The molecule has 0 amide bonds. The summed E-state index contributed by atoms with van der Waals surface area (Å²) in [5, 5.41) is 4.30. The molecule has 122 valence electrons. The van der Waals surface area contributed by atoms with Crippen LogP contribution in [0.5, 0.6) is 0 Å². The lowest BCUT2D eigenvalue weighted by molar-refractivity contribution is -0.254. The molecule has 1 aromatic heterocycles. The number of rotatable bonds is 4. The van der Waals surface area contributed by atoms with Gasteiger partial charge in [0.15, 0.2) is 0 Å². The van der Waals surface area contributed by atoms with E-state index in [9.17, 15) is 4.79 Å². The van der Waals surface area contributed by atoms with Gasteiger partial charge in [-0.1, -0.05) is 13.8 Å². The van der Waals surface area contributed by atoms with Crippen LogP contribution in [0.25, 0.3) is 0 Å². The average Bonchev–Trinajstić information content (AvgIpc) is 2.80. The summed E-state index contributed by atoms with van der Waals surface area (Å²) in [6.07, 6.45) is 5.50. The monoisotopic (exact) mass is 306 g/mol. The van der Waals surface area contributed by atoms with Gasteiger partial charge in [0, 0.05) is 37.6 Å². The van der Waals surface area contributed by atoms with E-state index in [1.54, 1.807) is 4.68 Å². The van der Waals surface area contributed by atoms with E-state index in [-0.39, 0.29) is 23.6 Å². The maximum atomic E-state index is 12.2. The molecular formula is C17H26N2O3. The SMILES string of the molecule is Cc1nn(C)cc1CCC(=O)OC1C2CCCOC2C1(C)C. The van der Waals surface area contributed by atoms with Gasteiger partial charge in [0.05, 0.1) is 11.8 Å². The van der Waals surface area contributed by atoms with E-state index in [1.165, 1.54) is 0 Å². The van der Waals surface area contributed by atoms with E-state index in [4.69, 9.17) is 9.47 Å². The molecule has 0 spiro atoms. The van der Waals surface area contributed by atoms with Crippen molar-refractivity contribution in [2.45, 2.75) is 58.7 Å². The summed E-state index contributed by atoms with van der Waals surface area (Å²) in [4.78, 5) is 12.2. The molecule has 2 aliphatic rings. The molecule has 0 aromatic carbocycles. The summed E-state index contributed by atoms with van der Waals surface area (Å²) in [5.74, 6) is 0.276. The van der Waals surface area contributed by atoms with Gasteiger partial charge < -0.3 is 9.47 Å². The van der Waals surface area contributed by atoms with E-state index in [0.29, 0.717) is 18.8 Å². The van der Waals surface area contributed by atoms with Gasteiger partial charge in [0.1, 0.15) is 6.10 Å². The third-order valence-corrected chi connectivity index (χ3v) is 5.20. The number of hydrogen-bond donors (Lipinski definition) is 0. The Labute approximate surface area is 132 Å². The molecule has 1 saturated carbocycles.